The van der Waals surface area contributed by atoms with Gasteiger partial charge >= 0.3 is 0 Å². The van der Waals surface area contributed by atoms with E-state index in [4.69, 9.17) is 0 Å². The first-order valence-corrected chi connectivity index (χ1v) is 4.81. The minimum Gasteiger partial charge on any atom is -0.388 e. The number of aromatic nitrogens is 1. The van der Waals surface area contributed by atoms with Crippen molar-refractivity contribution in [2.75, 3.05) is 5.32 Å². The maximum Gasteiger partial charge on any atom is 0.0789 e. The van der Waals surface area contributed by atoms with Gasteiger partial charge < -0.3 is 10.4 Å². The highest BCUT2D eigenvalue weighted by Crippen LogP contribution is 2.17. The lowest BCUT2D eigenvalue weighted by atomic mass is 10.0. The Hall–Kier alpha value is -1.09. The lowest BCUT2D eigenvalue weighted by Crippen LogP contribution is -2.39. The van der Waals surface area contributed by atoms with Gasteiger partial charge in [-0.25, -0.2) is 0 Å². The summed E-state index contributed by atoms with van der Waals surface area (Å²) in [7, 11) is 0. The molecule has 0 aliphatic heterocycles. The molecule has 1 aromatic rings. The molecule has 0 saturated carbocycles. The van der Waals surface area contributed by atoms with Gasteiger partial charge in [-0.1, -0.05) is 0 Å². The van der Waals surface area contributed by atoms with Gasteiger partial charge in [-0.15, -0.1) is 0 Å². The molecule has 1 rings (SSSR count). The number of hydrogen-bond donors (Lipinski definition) is 2. The number of pyridine rings is 1. The second-order valence-electron chi connectivity index (χ2n) is 4.21. The largest absolute Gasteiger partial charge is 0.388 e. The second-order valence-corrected chi connectivity index (χ2v) is 4.21. The smallest absolute Gasteiger partial charge is 0.0789 e. The molecule has 0 fully saturated rings. The number of rotatable bonds is 3. The summed E-state index contributed by atoms with van der Waals surface area (Å²) in [6, 6.07) is 1.92. The first-order chi connectivity index (χ1) is 6.41. The van der Waals surface area contributed by atoms with Crippen LogP contribution in [0.5, 0.6) is 0 Å². The van der Waals surface area contributed by atoms with Gasteiger partial charge in [0.2, 0.25) is 0 Å². The molecule has 0 aliphatic carbocycles. The molecule has 1 aromatic heterocycles. The van der Waals surface area contributed by atoms with Gasteiger partial charge in [0.1, 0.15) is 0 Å². The lowest BCUT2D eigenvalue weighted by molar-refractivity contribution is 0.0649. The quantitative estimate of drug-likeness (QED) is 0.773. The van der Waals surface area contributed by atoms with Crippen LogP contribution in [0.1, 0.15) is 26.3 Å². The Balaban J connectivity index is 2.75. The molecule has 1 atom stereocenters. The van der Waals surface area contributed by atoms with Gasteiger partial charge in [0.15, 0.2) is 0 Å². The van der Waals surface area contributed by atoms with E-state index in [2.05, 4.69) is 10.3 Å². The molecule has 1 heterocycles. The third kappa shape index (κ3) is 2.70. The van der Waals surface area contributed by atoms with Crippen LogP contribution in [0.15, 0.2) is 18.5 Å². The van der Waals surface area contributed by atoms with Crippen LogP contribution in [0.25, 0.3) is 0 Å². The molecule has 2 N–H and O–H groups in total. The van der Waals surface area contributed by atoms with Crippen molar-refractivity contribution in [1.82, 2.24) is 4.98 Å². The fourth-order valence-corrected chi connectivity index (χ4v) is 1.05. The molecule has 78 valence electrons. The minimum absolute atomic E-state index is 0.00333. The lowest BCUT2D eigenvalue weighted by Gasteiger charge is -2.28. The molecule has 0 saturated heterocycles. The van der Waals surface area contributed by atoms with E-state index in [1.165, 1.54) is 0 Å². The Labute approximate surface area is 85.2 Å². The average molecular weight is 194 g/mol. The molecule has 0 amide bonds. The van der Waals surface area contributed by atoms with Crippen LogP contribution in [-0.4, -0.2) is 21.7 Å². The van der Waals surface area contributed by atoms with E-state index < -0.39 is 5.60 Å². The predicted octanol–water partition coefficient (Wildman–Crippen LogP) is 1.96. The number of anilines is 1. The first kappa shape index (κ1) is 11.0. The van der Waals surface area contributed by atoms with Crippen molar-refractivity contribution < 1.29 is 5.11 Å². The molecular formula is C11H18N2O. The molecule has 3 heteroatoms. The van der Waals surface area contributed by atoms with E-state index in [-0.39, 0.29) is 6.04 Å². The zero-order valence-electron chi connectivity index (χ0n) is 9.20. The highest BCUT2D eigenvalue weighted by atomic mass is 16.3. The number of nitrogens with one attached hydrogen (secondary N) is 1. The first-order valence-electron chi connectivity index (χ1n) is 4.81. The summed E-state index contributed by atoms with van der Waals surface area (Å²) in [6.07, 6.45) is 3.55. The molecule has 0 aromatic carbocycles. The van der Waals surface area contributed by atoms with Crippen LogP contribution >= 0.6 is 0 Å². The van der Waals surface area contributed by atoms with E-state index in [0.29, 0.717) is 0 Å². The van der Waals surface area contributed by atoms with Gasteiger partial charge in [-0.2, -0.15) is 0 Å². The van der Waals surface area contributed by atoms with Gasteiger partial charge in [-0.05, 0) is 39.3 Å². The van der Waals surface area contributed by atoms with Crippen LogP contribution in [0.4, 0.5) is 5.69 Å². The monoisotopic (exact) mass is 194 g/mol. The summed E-state index contributed by atoms with van der Waals surface area (Å²) in [4.78, 5) is 4.01. The number of aryl methyl sites for hydroxylation is 1. The van der Waals surface area contributed by atoms with Crippen molar-refractivity contribution in [2.45, 2.75) is 39.3 Å². The number of hydrogen-bond acceptors (Lipinski definition) is 3. The zero-order chi connectivity index (χ0) is 10.8. The Kier molecular flexibility index (Phi) is 3.11. The van der Waals surface area contributed by atoms with Crippen molar-refractivity contribution in [1.29, 1.82) is 0 Å². The Morgan fingerprint density at radius 1 is 1.50 bits per heavy atom. The van der Waals surface area contributed by atoms with Crippen molar-refractivity contribution in [2.24, 2.45) is 0 Å². The SMILES string of the molecule is Cc1cnccc1NC(C)C(C)(C)O. The van der Waals surface area contributed by atoms with Crippen LogP contribution in [0.2, 0.25) is 0 Å². The third-order valence-corrected chi connectivity index (χ3v) is 2.45. The standard InChI is InChI=1S/C11H18N2O/c1-8-7-12-6-5-10(8)13-9(2)11(3,4)14/h5-7,9,14H,1-4H3,(H,12,13). The molecule has 0 aliphatic rings. The average Bonchev–Trinajstić information content (AvgIpc) is 2.07. The highest BCUT2D eigenvalue weighted by Gasteiger charge is 2.22. The van der Waals surface area contributed by atoms with E-state index in [1.54, 1.807) is 26.2 Å². The number of aliphatic hydroxyl groups is 1. The van der Waals surface area contributed by atoms with Crippen molar-refractivity contribution in [3.63, 3.8) is 0 Å². The topological polar surface area (TPSA) is 45.2 Å². The third-order valence-electron chi connectivity index (χ3n) is 2.45. The summed E-state index contributed by atoms with van der Waals surface area (Å²) in [5.74, 6) is 0. The minimum atomic E-state index is -0.726. The normalized spacial score (nSPS) is 13.8. The Morgan fingerprint density at radius 3 is 2.64 bits per heavy atom. The zero-order valence-corrected chi connectivity index (χ0v) is 9.20. The molecule has 1 unspecified atom stereocenters. The van der Waals surface area contributed by atoms with Gasteiger partial charge in [0.05, 0.1) is 11.6 Å². The van der Waals surface area contributed by atoms with E-state index >= 15 is 0 Å². The summed E-state index contributed by atoms with van der Waals surface area (Å²) in [5.41, 5.74) is 1.38. The van der Waals surface area contributed by atoms with E-state index in [0.717, 1.165) is 11.3 Å². The molecule has 0 radical (unpaired) electrons. The van der Waals surface area contributed by atoms with Gasteiger partial charge in [0.25, 0.3) is 0 Å². The summed E-state index contributed by atoms with van der Waals surface area (Å²) in [5, 5.41) is 13.0. The van der Waals surface area contributed by atoms with Crippen LogP contribution in [0.3, 0.4) is 0 Å². The van der Waals surface area contributed by atoms with E-state index in [1.807, 2.05) is 19.9 Å². The molecule has 3 nitrogen and oxygen atoms in total. The van der Waals surface area contributed by atoms with Crippen LogP contribution in [-0.2, 0) is 0 Å². The maximum absolute atomic E-state index is 9.76. The Bertz CT molecular complexity index is 304. The number of nitrogens with zero attached hydrogens (tertiary/aromatic N) is 1. The Morgan fingerprint density at radius 2 is 2.14 bits per heavy atom. The second kappa shape index (κ2) is 3.96. The summed E-state index contributed by atoms with van der Waals surface area (Å²) >= 11 is 0. The van der Waals surface area contributed by atoms with Crippen LogP contribution in [0, 0.1) is 6.92 Å². The molecular weight excluding hydrogens is 176 g/mol. The van der Waals surface area contributed by atoms with Gasteiger partial charge in [0, 0.05) is 18.1 Å². The summed E-state index contributed by atoms with van der Waals surface area (Å²) in [6.45, 7) is 7.54. The van der Waals surface area contributed by atoms with Crippen molar-refractivity contribution in [3.8, 4) is 0 Å². The summed E-state index contributed by atoms with van der Waals surface area (Å²) < 4.78 is 0. The van der Waals surface area contributed by atoms with Crippen LogP contribution < -0.4 is 5.32 Å². The van der Waals surface area contributed by atoms with Crippen molar-refractivity contribution >= 4 is 5.69 Å². The van der Waals surface area contributed by atoms with E-state index in [9.17, 15) is 5.11 Å². The molecule has 0 spiro atoms. The fourth-order valence-electron chi connectivity index (χ4n) is 1.05. The van der Waals surface area contributed by atoms with Crippen molar-refractivity contribution in [3.05, 3.63) is 24.0 Å². The fraction of sp³-hybridized carbons (Fsp3) is 0.545. The molecule has 14 heavy (non-hydrogen) atoms. The van der Waals surface area contributed by atoms with Gasteiger partial charge in [-0.3, -0.25) is 4.98 Å². The maximum atomic E-state index is 9.76. The highest BCUT2D eigenvalue weighted by molar-refractivity contribution is 5.49. The predicted molar refractivity (Wildman–Crippen MR) is 58.4 cm³/mol. The molecule has 0 bridgehead atoms.